The number of carbonyl (C=O) groups is 1. The summed E-state index contributed by atoms with van der Waals surface area (Å²) in [5, 5.41) is 4.46. The Morgan fingerprint density at radius 3 is 2.60 bits per heavy atom. The Hall–Kier alpha value is -2.30. The molecule has 1 heterocycles. The summed E-state index contributed by atoms with van der Waals surface area (Å²) in [6.07, 6.45) is 3.55. The molecule has 0 bridgehead atoms. The second-order valence-electron chi connectivity index (χ2n) is 4.38. The van der Waals surface area contributed by atoms with E-state index in [2.05, 4.69) is 12.0 Å². The van der Waals surface area contributed by atoms with Gasteiger partial charge in [0.1, 0.15) is 5.69 Å². The minimum atomic E-state index is 0.575. The Labute approximate surface area is 118 Å². The van der Waals surface area contributed by atoms with Gasteiger partial charge < -0.3 is 9.47 Å². The Morgan fingerprint density at radius 1 is 1.25 bits per heavy atom. The Kier molecular flexibility index (Phi) is 4.40. The standard InChI is InChI=1S/C15H18N2O3/c1-4-7-17-9-12(10-18)15(16-17)11-5-6-13(19-2)14(8-11)20-3/h5-6,8-10H,4,7H2,1-3H3. The fourth-order valence-electron chi connectivity index (χ4n) is 2.07. The first-order chi connectivity index (χ1) is 9.73. The van der Waals surface area contributed by atoms with Crippen LogP contribution in [0, 0.1) is 0 Å². The van der Waals surface area contributed by atoms with Crippen molar-refractivity contribution < 1.29 is 14.3 Å². The predicted octanol–water partition coefficient (Wildman–Crippen LogP) is 2.79. The quantitative estimate of drug-likeness (QED) is 0.760. The summed E-state index contributed by atoms with van der Waals surface area (Å²) in [5.41, 5.74) is 2.07. The summed E-state index contributed by atoms with van der Waals surface area (Å²) in [5.74, 6) is 1.27. The van der Waals surface area contributed by atoms with Crippen molar-refractivity contribution >= 4 is 6.29 Å². The highest BCUT2D eigenvalue weighted by molar-refractivity contribution is 5.85. The molecule has 0 amide bonds. The van der Waals surface area contributed by atoms with E-state index in [9.17, 15) is 4.79 Å². The van der Waals surface area contributed by atoms with Crippen LogP contribution in [-0.4, -0.2) is 30.3 Å². The number of rotatable bonds is 6. The molecule has 0 radical (unpaired) electrons. The molecule has 0 aliphatic carbocycles. The molecule has 0 saturated heterocycles. The van der Waals surface area contributed by atoms with Crippen molar-refractivity contribution in [1.29, 1.82) is 0 Å². The molecule has 0 saturated carbocycles. The van der Waals surface area contributed by atoms with Gasteiger partial charge in [0.2, 0.25) is 0 Å². The van der Waals surface area contributed by atoms with E-state index in [0.29, 0.717) is 22.8 Å². The van der Waals surface area contributed by atoms with Crippen molar-refractivity contribution in [3.63, 3.8) is 0 Å². The molecule has 2 rings (SSSR count). The van der Waals surface area contributed by atoms with Gasteiger partial charge >= 0.3 is 0 Å². The van der Waals surface area contributed by atoms with Crippen molar-refractivity contribution in [2.75, 3.05) is 14.2 Å². The van der Waals surface area contributed by atoms with Gasteiger partial charge in [-0.05, 0) is 24.6 Å². The van der Waals surface area contributed by atoms with Crippen molar-refractivity contribution in [2.45, 2.75) is 19.9 Å². The monoisotopic (exact) mass is 274 g/mol. The Morgan fingerprint density at radius 2 is 2.00 bits per heavy atom. The van der Waals surface area contributed by atoms with Crippen LogP contribution in [-0.2, 0) is 6.54 Å². The number of hydrogen-bond donors (Lipinski definition) is 0. The van der Waals surface area contributed by atoms with E-state index in [0.717, 1.165) is 24.8 Å². The Bertz CT molecular complexity index is 605. The fraction of sp³-hybridized carbons (Fsp3) is 0.333. The zero-order chi connectivity index (χ0) is 14.5. The van der Waals surface area contributed by atoms with Crippen LogP contribution in [0.15, 0.2) is 24.4 Å². The highest BCUT2D eigenvalue weighted by Crippen LogP contribution is 2.32. The molecule has 20 heavy (non-hydrogen) atoms. The normalized spacial score (nSPS) is 10.3. The van der Waals surface area contributed by atoms with Gasteiger partial charge in [0.05, 0.1) is 19.8 Å². The number of methoxy groups -OCH3 is 2. The first-order valence-electron chi connectivity index (χ1n) is 6.48. The molecule has 0 aliphatic rings. The second kappa shape index (κ2) is 6.23. The van der Waals surface area contributed by atoms with Crippen molar-refractivity contribution in [3.8, 4) is 22.8 Å². The molecule has 1 aromatic carbocycles. The molecule has 106 valence electrons. The highest BCUT2D eigenvalue weighted by Gasteiger charge is 2.13. The van der Waals surface area contributed by atoms with Gasteiger partial charge in [0.25, 0.3) is 0 Å². The first-order valence-corrected chi connectivity index (χ1v) is 6.48. The molecule has 0 unspecified atom stereocenters. The van der Waals surface area contributed by atoms with E-state index < -0.39 is 0 Å². The number of benzene rings is 1. The lowest BCUT2D eigenvalue weighted by molar-refractivity contribution is 0.112. The topological polar surface area (TPSA) is 53.4 Å². The van der Waals surface area contributed by atoms with E-state index in [1.165, 1.54) is 0 Å². The summed E-state index contributed by atoms with van der Waals surface area (Å²) in [7, 11) is 3.17. The summed E-state index contributed by atoms with van der Waals surface area (Å²) < 4.78 is 12.3. The van der Waals surface area contributed by atoms with E-state index in [4.69, 9.17) is 9.47 Å². The van der Waals surface area contributed by atoms with Gasteiger partial charge in [-0.25, -0.2) is 0 Å². The average Bonchev–Trinajstić information content (AvgIpc) is 2.90. The number of aromatic nitrogens is 2. The van der Waals surface area contributed by atoms with Crippen molar-refractivity contribution in [2.24, 2.45) is 0 Å². The van der Waals surface area contributed by atoms with E-state index in [-0.39, 0.29) is 0 Å². The zero-order valence-corrected chi connectivity index (χ0v) is 11.9. The number of ether oxygens (including phenoxy) is 2. The van der Waals surface area contributed by atoms with Gasteiger partial charge in [-0.3, -0.25) is 9.48 Å². The SMILES string of the molecule is CCCn1cc(C=O)c(-c2ccc(OC)c(OC)c2)n1. The van der Waals surface area contributed by atoms with Crippen LogP contribution in [0.25, 0.3) is 11.3 Å². The first kappa shape index (κ1) is 14.1. The predicted molar refractivity (Wildman–Crippen MR) is 76.4 cm³/mol. The lowest BCUT2D eigenvalue weighted by atomic mass is 10.1. The highest BCUT2D eigenvalue weighted by atomic mass is 16.5. The molecule has 5 nitrogen and oxygen atoms in total. The third-order valence-corrected chi connectivity index (χ3v) is 3.03. The number of carbonyl (C=O) groups excluding carboxylic acids is 1. The summed E-state index contributed by atoms with van der Waals surface area (Å²) in [6.45, 7) is 2.85. The van der Waals surface area contributed by atoms with Crippen LogP contribution < -0.4 is 9.47 Å². The molecule has 0 N–H and O–H groups in total. The minimum absolute atomic E-state index is 0.575. The summed E-state index contributed by atoms with van der Waals surface area (Å²) in [4.78, 5) is 11.2. The molecule has 0 spiro atoms. The van der Waals surface area contributed by atoms with Crippen molar-refractivity contribution in [1.82, 2.24) is 9.78 Å². The third kappa shape index (κ3) is 2.66. The van der Waals surface area contributed by atoms with Crippen LogP contribution in [0.2, 0.25) is 0 Å². The minimum Gasteiger partial charge on any atom is -0.493 e. The van der Waals surface area contributed by atoms with Crippen LogP contribution in [0.5, 0.6) is 11.5 Å². The van der Waals surface area contributed by atoms with Crippen LogP contribution in [0.1, 0.15) is 23.7 Å². The van der Waals surface area contributed by atoms with E-state index >= 15 is 0 Å². The lowest BCUT2D eigenvalue weighted by Gasteiger charge is -2.08. The second-order valence-corrected chi connectivity index (χ2v) is 4.38. The van der Waals surface area contributed by atoms with Gasteiger partial charge in [-0.2, -0.15) is 5.10 Å². The number of nitrogens with zero attached hydrogens (tertiary/aromatic N) is 2. The Balaban J connectivity index is 2.47. The average molecular weight is 274 g/mol. The molecule has 0 aliphatic heterocycles. The maximum absolute atomic E-state index is 11.2. The molecular weight excluding hydrogens is 256 g/mol. The maximum Gasteiger partial charge on any atom is 0.161 e. The van der Waals surface area contributed by atoms with Gasteiger partial charge in [0, 0.05) is 18.3 Å². The lowest BCUT2D eigenvalue weighted by Crippen LogP contribution is -1.97. The molecule has 0 atom stereocenters. The number of aldehydes is 1. The van der Waals surface area contributed by atoms with E-state index in [1.54, 1.807) is 25.1 Å². The van der Waals surface area contributed by atoms with Crippen LogP contribution in [0.3, 0.4) is 0 Å². The van der Waals surface area contributed by atoms with Gasteiger partial charge in [0.15, 0.2) is 17.8 Å². The summed E-state index contributed by atoms with van der Waals surface area (Å²) in [6, 6.07) is 5.50. The molecular formula is C15H18N2O3. The molecule has 0 fully saturated rings. The number of aryl methyl sites for hydroxylation is 1. The summed E-state index contributed by atoms with van der Waals surface area (Å²) >= 11 is 0. The van der Waals surface area contributed by atoms with E-state index in [1.807, 2.05) is 18.2 Å². The molecule has 5 heteroatoms. The maximum atomic E-state index is 11.2. The largest absolute Gasteiger partial charge is 0.493 e. The molecule has 1 aromatic heterocycles. The third-order valence-electron chi connectivity index (χ3n) is 3.03. The smallest absolute Gasteiger partial charge is 0.161 e. The van der Waals surface area contributed by atoms with Gasteiger partial charge in [-0.1, -0.05) is 6.92 Å². The van der Waals surface area contributed by atoms with Crippen LogP contribution in [0.4, 0.5) is 0 Å². The zero-order valence-electron chi connectivity index (χ0n) is 11.9. The number of hydrogen-bond acceptors (Lipinski definition) is 4. The fourth-order valence-corrected chi connectivity index (χ4v) is 2.07. The van der Waals surface area contributed by atoms with Crippen molar-refractivity contribution in [3.05, 3.63) is 30.0 Å². The van der Waals surface area contributed by atoms with Gasteiger partial charge in [-0.15, -0.1) is 0 Å². The van der Waals surface area contributed by atoms with Crippen LogP contribution >= 0.6 is 0 Å². The molecule has 2 aromatic rings.